The van der Waals surface area contributed by atoms with Gasteiger partial charge < -0.3 is 19.3 Å². The molecule has 0 aromatic heterocycles. The van der Waals surface area contributed by atoms with Crippen LogP contribution >= 0.6 is 0 Å². The van der Waals surface area contributed by atoms with E-state index in [0.29, 0.717) is 13.1 Å². The van der Waals surface area contributed by atoms with E-state index in [2.05, 4.69) is 46.7 Å². The first-order valence-corrected chi connectivity index (χ1v) is 12.8. The largest absolute Gasteiger partial charge is 0.490 e. The molecule has 4 rings (SSSR count). The minimum Gasteiger partial charge on any atom is -0.490 e. The molecule has 1 unspecified atom stereocenters. The number of alkyl halides is 3. The van der Waals surface area contributed by atoms with Crippen LogP contribution in [0.2, 0.25) is 0 Å². The lowest BCUT2D eigenvalue weighted by Gasteiger charge is -2.45. The lowest BCUT2D eigenvalue weighted by atomic mass is 9.85. The average Bonchev–Trinajstić information content (AvgIpc) is 3.18. The zero-order chi connectivity index (χ0) is 25.2. The van der Waals surface area contributed by atoms with Crippen molar-refractivity contribution in [2.45, 2.75) is 82.8 Å². The molecular weight excluding hydrogens is 459 g/mol. The second-order valence-electron chi connectivity index (χ2n) is 10.5. The van der Waals surface area contributed by atoms with E-state index >= 15 is 0 Å². The fourth-order valence-corrected chi connectivity index (χ4v) is 5.60. The Morgan fingerprint density at radius 2 is 1.80 bits per heavy atom. The van der Waals surface area contributed by atoms with Crippen LogP contribution in [0.25, 0.3) is 0 Å². The summed E-state index contributed by atoms with van der Waals surface area (Å²) in [4.78, 5) is 18.5. The van der Waals surface area contributed by atoms with Crippen LogP contribution in [0.1, 0.15) is 56.6 Å². The van der Waals surface area contributed by atoms with Crippen molar-refractivity contribution < 1.29 is 27.4 Å². The predicted octanol–water partition coefficient (Wildman–Crippen LogP) is 4.99. The second kappa shape index (κ2) is 10.5. The van der Waals surface area contributed by atoms with Gasteiger partial charge >= 0.3 is 12.3 Å². The highest BCUT2D eigenvalue weighted by Gasteiger charge is 2.45. The van der Waals surface area contributed by atoms with Gasteiger partial charge in [0.25, 0.3) is 0 Å². The molecule has 0 bridgehead atoms. The van der Waals surface area contributed by atoms with Gasteiger partial charge in [0.1, 0.15) is 11.9 Å². The summed E-state index contributed by atoms with van der Waals surface area (Å²) in [6.45, 7) is 7.60. The van der Waals surface area contributed by atoms with Crippen molar-refractivity contribution in [1.29, 1.82) is 0 Å². The van der Waals surface area contributed by atoms with Crippen LogP contribution in [0, 0.1) is 6.92 Å². The second-order valence-corrected chi connectivity index (χ2v) is 10.5. The summed E-state index contributed by atoms with van der Waals surface area (Å²) in [6, 6.07) is 6.42. The smallest absolute Gasteiger partial charge is 0.425 e. The minimum atomic E-state index is -4.55. The number of amides is 1. The first-order valence-electron chi connectivity index (χ1n) is 12.8. The number of halogens is 3. The van der Waals surface area contributed by atoms with Crippen molar-refractivity contribution in [3.8, 4) is 5.75 Å². The van der Waals surface area contributed by atoms with Crippen LogP contribution in [-0.2, 0) is 11.3 Å². The number of ether oxygens (including phenoxy) is 2. The van der Waals surface area contributed by atoms with Crippen LogP contribution < -0.4 is 4.74 Å². The molecule has 6 nitrogen and oxygen atoms in total. The highest BCUT2D eigenvalue weighted by Crippen LogP contribution is 2.41. The van der Waals surface area contributed by atoms with Gasteiger partial charge in [0.05, 0.1) is 0 Å². The molecule has 1 amide bonds. The van der Waals surface area contributed by atoms with Crippen LogP contribution in [0.5, 0.6) is 5.75 Å². The van der Waals surface area contributed by atoms with Crippen molar-refractivity contribution >= 4 is 6.09 Å². The Labute approximate surface area is 206 Å². The quantitative estimate of drug-likeness (QED) is 0.574. The van der Waals surface area contributed by atoms with Gasteiger partial charge in [-0.3, -0.25) is 4.90 Å². The molecule has 1 atom stereocenters. The molecule has 1 aromatic rings. The molecule has 3 saturated heterocycles. The summed E-state index contributed by atoms with van der Waals surface area (Å²) >= 11 is 0. The number of piperidine rings is 2. The van der Waals surface area contributed by atoms with Crippen molar-refractivity contribution in [3.05, 3.63) is 29.3 Å². The van der Waals surface area contributed by atoms with E-state index in [-0.39, 0.29) is 11.6 Å². The van der Waals surface area contributed by atoms with Crippen LogP contribution in [0.4, 0.5) is 18.0 Å². The molecule has 3 aliphatic rings. The van der Waals surface area contributed by atoms with E-state index in [1.165, 1.54) is 16.0 Å². The maximum Gasteiger partial charge on any atom is 0.425 e. The Morgan fingerprint density at radius 1 is 1.11 bits per heavy atom. The lowest BCUT2D eigenvalue weighted by molar-refractivity contribution is -0.200. The highest BCUT2D eigenvalue weighted by molar-refractivity contribution is 5.68. The topological polar surface area (TPSA) is 45.3 Å². The lowest BCUT2D eigenvalue weighted by Crippen LogP contribution is -2.53. The van der Waals surface area contributed by atoms with Crippen molar-refractivity contribution in [3.63, 3.8) is 0 Å². The van der Waals surface area contributed by atoms with Gasteiger partial charge in [-0.1, -0.05) is 12.1 Å². The number of hydrogen-bond acceptors (Lipinski definition) is 5. The number of aryl methyl sites for hydroxylation is 1. The molecular formula is C26H38F3N3O3. The Morgan fingerprint density at radius 3 is 2.46 bits per heavy atom. The van der Waals surface area contributed by atoms with Crippen molar-refractivity contribution in [2.24, 2.45) is 0 Å². The first-order chi connectivity index (χ1) is 16.6. The average molecular weight is 498 g/mol. The first kappa shape index (κ1) is 26.1. The normalized spacial score (nSPS) is 23.0. The van der Waals surface area contributed by atoms with Crippen LogP contribution in [0.3, 0.4) is 0 Å². The SMILES string of the molecule is Cc1ccc(CN2CCCC23CCN(C(=O)OC(C)C(F)(F)F)CC3)c(OC2CCN(C)CC2)c1. The van der Waals surface area contributed by atoms with E-state index in [9.17, 15) is 18.0 Å². The third-order valence-corrected chi connectivity index (χ3v) is 7.97. The molecule has 0 aliphatic carbocycles. The summed E-state index contributed by atoms with van der Waals surface area (Å²) in [5, 5.41) is 0. The van der Waals surface area contributed by atoms with E-state index in [1.54, 1.807) is 0 Å². The van der Waals surface area contributed by atoms with E-state index in [4.69, 9.17) is 4.74 Å². The summed E-state index contributed by atoms with van der Waals surface area (Å²) in [5.41, 5.74) is 2.31. The van der Waals surface area contributed by atoms with Gasteiger partial charge in [0.2, 0.25) is 0 Å². The number of carbonyl (C=O) groups is 1. The Bertz CT molecular complexity index is 878. The predicted molar refractivity (Wildman–Crippen MR) is 128 cm³/mol. The third-order valence-electron chi connectivity index (χ3n) is 7.97. The molecule has 0 radical (unpaired) electrons. The maximum atomic E-state index is 12.8. The number of nitrogens with zero attached hydrogens (tertiary/aromatic N) is 3. The minimum absolute atomic E-state index is 0.0396. The molecule has 1 aromatic carbocycles. The Hall–Kier alpha value is -2.00. The number of hydrogen-bond donors (Lipinski definition) is 0. The zero-order valence-corrected chi connectivity index (χ0v) is 21.1. The van der Waals surface area contributed by atoms with Gasteiger partial charge in [-0.05, 0) is 77.6 Å². The van der Waals surface area contributed by atoms with Gasteiger partial charge in [0.15, 0.2) is 6.10 Å². The highest BCUT2D eigenvalue weighted by atomic mass is 19.4. The Balaban J connectivity index is 1.39. The number of benzene rings is 1. The maximum absolute atomic E-state index is 12.8. The number of likely N-dealkylation sites (tertiary alicyclic amines) is 3. The molecule has 3 heterocycles. The monoisotopic (exact) mass is 497 g/mol. The van der Waals surface area contributed by atoms with Crippen LogP contribution in [0.15, 0.2) is 18.2 Å². The summed E-state index contributed by atoms with van der Waals surface area (Å²) in [7, 11) is 2.14. The fourth-order valence-electron chi connectivity index (χ4n) is 5.60. The van der Waals surface area contributed by atoms with E-state index in [0.717, 1.165) is 77.4 Å². The summed E-state index contributed by atoms with van der Waals surface area (Å²) < 4.78 is 49.5. The molecule has 196 valence electrons. The third kappa shape index (κ3) is 6.23. The van der Waals surface area contributed by atoms with Gasteiger partial charge in [0, 0.05) is 43.8 Å². The standard InChI is InChI=1S/C26H38F3N3O3/c1-19-5-6-21(23(17-19)35-22-7-13-30(3)14-8-22)18-32-12-4-9-25(32)10-15-31(16-11-25)24(33)34-20(2)26(27,28)29/h5-6,17,20,22H,4,7-16,18H2,1-3H3. The van der Waals surface area contributed by atoms with Crippen LogP contribution in [-0.4, -0.2) is 84.5 Å². The molecule has 0 N–H and O–H groups in total. The van der Waals surface area contributed by atoms with Crippen molar-refractivity contribution in [2.75, 3.05) is 39.8 Å². The molecule has 3 aliphatic heterocycles. The Kier molecular flexibility index (Phi) is 7.86. The summed E-state index contributed by atoms with van der Waals surface area (Å²) in [5.74, 6) is 0.962. The van der Waals surface area contributed by atoms with Gasteiger partial charge in [-0.15, -0.1) is 0 Å². The van der Waals surface area contributed by atoms with Crippen molar-refractivity contribution in [1.82, 2.24) is 14.7 Å². The van der Waals surface area contributed by atoms with E-state index < -0.39 is 18.4 Å². The number of rotatable bonds is 5. The molecule has 35 heavy (non-hydrogen) atoms. The summed E-state index contributed by atoms with van der Waals surface area (Å²) in [6.07, 6.45) is -1.66. The molecule has 3 fully saturated rings. The zero-order valence-electron chi connectivity index (χ0n) is 21.1. The molecule has 9 heteroatoms. The fraction of sp³-hybridized carbons (Fsp3) is 0.731. The molecule has 0 saturated carbocycles. The van der Waals surface area contributed by atoms with Gasteiger partial charge in [-0.2, -0.15) is 13.2 Å². The van der Waals surface area contributed by atoms with E-state index in [1.807, 2.05) is 0 Å². The van der Waals surface area contributed by atoms with Gasteiger partial charge in [-0.25, -0.2) is 4.79 Å². The number of carbonyl (C=O) groups excluding carboxylic acids is 1. The molecule has 1 spiro atoms.